The fourth-order valence-electron chi connectivity index (χ4n) is 2.53. The Bertz CT molecular complexity index is 405. The van der Waals surface area contributed by atoms with Crippen LogP contribution in [-0.4, -0.2) is 12.6 Å². The van der Waals surface area contributed by atoms with Gasteiger partial charge in [0, 0.05) is 10.5 Å². The van der Waals surface area contributed by atoms with Crippen molar-refractivity contribution in [3.05, 3.63) is 34.1 Å². The molecular weight excluding hydrogens is 293 g/mol. The molecular formula is C15H21BrFN. The second-order valence-electron chi connectivity index (χ2n) is 5.60. The van der Waals surface area contributed by atoms with E-state index in [4.69, 9.17) is 0 Å². The number of hydrogen-bond donors (Lipinski definition) is 1. The van der Waals surface area contributed by atoms with Crippen molar-refractivity contribution in [3.63, 3.8) is 0 Å². The fourth-order valence-corrected chi connectivity index (χ4v) is 3.05. The Morgan fingerprint density at radius 3 is 2.61 bits per heavy atom. The molecule has 1 saturated carbocycles. The van der Waals surface area contributed by atoms with Gasteiger partial charge in [-0.15, -0.1) is 0 Å². The first-order valence-corrected chi connectivity index (χ1v) is 7.53. The molecule has 0 bridgehead atoms. The number of nitrogens with one attached hydrogen (secondary N) is 1. The highest BCUT2D eigenvalue weighted by atomic mass is 79.9. The van der Waals surface area contributed by atoms with Crippen LogP contribution in [0.3, 0.4) is 0 Å². The molecule has 100 valence electrons. The van der Waals surface area contributed by atoms with Crippen molar-refractivity contribution in [3.8, 4) is 0 Å². The van der Waals surface area contributed by atoms with Crippen molar-refractivity contribution >= 4 is 15.9 Å². The lowest BCUT2D eigenvalue weighted by Gasteiger charge is -2.37. The minimum atomic E-state index is -0.169. The topological polar surface area (TPSA) is 12.0 Å². The highest BCUT2D eigenvalue weighted by molar-refractivity contribution is 9.10. The third-order valence-corrected chi connectivity index (χ3v) is 4.60. The van der Waals surface area contributed by atoms with Crippen LogP contribution in [0.5, 0.6) is 0 Å². The van der Waals surface area contributed by atoms with Gasteiger partial charge >= 0.3 is 0 Å². The van der Waals surface area contributed by atoms with Crippen LogP contribution in [0.2, 0.25) is 0 Å². The maximum atomic E-state index is 13.0. The van der Waals surface area contributed by atoms with Crippen molar-refractivity contribution in [2.24, 2.45) is 11.8 Å². The van der Waals surface area contributed by atoms with Crippen molar-refractivity contribution in [2.45, 2.75) is 39.2 Å². The molecule has 0 radical (unpaired) electrons. The summed E-state index contributed by atoms with van der Waals surface area (Å²) in [6.07, 6.45) is 3.68. The largest absolute Gasteiger partial charge is 0.314 e. The molecule has 1 aromatic rings. The van der Waals surface area contributed by atoms with E-state index in [1.165, 1.54) is 18.4 Å². The molecule has 1 aromatic carbocycles. The molecule has 2 atom stereocenters. The number of rotatable bonds is 5. The van der Waals surface area contributed by atoms with Crippen LogP contribution in [0.15, 0.2) is 22.7 Å². The summed E-state index contributed by atoms with van der Waals surface area (Å²) in [5.41, 5.74) is 1.23. The second kappa shape index (κ2) is 6.16. The van der Waals surface area contributed by atoms with E-state index in [1.807, 2.05) is 6.07 Å². The SMILES string of the molecule is CC(C)NCC1CCC1Cc1ccc(F)cc1Br. The third kappa shape index (κ3) is 3.55. The van der Waals surface area contributed by atoms with Gasteiger partial charge in [-0.05, 0) is 55.3 Å². The minimum absolute atomic E-state index is 0.169. The highest BCUT2D eigenvalue weighted by Crippen LogP contribution is 2.37. The standard InChI is InChI=1S/C15H21BrFN/c1-10(2)18-9-13-4-3-11(13)7-12-5-6-14(17)8-15(12)16/h5-6,8,10-11,13,18H,3-4,7,9H2,1-2H3. The van der Waals surface area contributed by atoms with E-state index in [-0.39, 0.29) is 5.82 Å². The van der Waals surface area contributed by atoms with Gasteiger partial charge in [0.15, 0.2) is 0 Å². The average molecular weight is 314 g/mol. The van der Waals surface area contributed by atoms with Crippen molar-refractivity contribution in [1.82, 2.24) is 5.32 Å². The summed E-state index contributed by atoms with van der Waals surface area (Å²) in [6.45, 7) is 5.48. The Hall–Kier alpha value is -0.410. The first kappa shape index (κ1) is 14.0. The molecule has 2 rings (SSSR count). The van der Waals surface area contributed by atoms with Crippen molar-refractivity contribution in [1.29, 1.82) is 0 Å². The number of hydrogen-bond acceptors (Lipinski definition) is 1. The predicted molar refractivity (Wildman–Crippen MR) is 77.2 cm³/mol. The zero-order valence-corrected chi connectivity index (χ0v) is 12.6. The van der Waals surface area contributed by atoms with E-state index in [9.17, 15) is 4.39 Å². The summed E-state index contributed by atoms with van der Waals surface area (Å²) < 4.78 is 13.9. The van der Waals surface area contributed by atoms with E-state index in [2.05, 4.69) is 35.1 Å². The molecule has 18 heavy (non-hydrogen) atoms. The molecule has 2 unspecified atom stereocenters. The summed E-state index contributed by atoms with van der Waals surface area (Å²) in [5, 5.41) is 3.52. The number of benzene rings is 1. The summed E-state index contributed by atoms with van der Waals surface area (Å²) in [5.74, 6) is 1.36. The highest BCUT2D eigenvalue weighted by Gasteiger charge is 2.30. The van der Waals surface area contributed by atoms with Crippen LogP contribution in [0, 0.1) is 17.7 Å². The Morgan fingerprint density at radius 2 is 2.06 bits per heavy atom. The average Bonchev–Trinajstić information content (AvgIpc) is 2.26. The van der Waals surface area contributed by atoms with Gasteiger partial charge in [0.1, 0.15) is 5.82 Å². The third-order valence-electron chi connectivity index (χ3n) is 3.86. The smallest absolute Gasteiger partial charge is 0.124 e. The van der Waals surface area contributed by atoms with Crippen molar-refractivity contribution in [2.75, 3.05) is 6.54 Å². The fraction of sp³-hybridized carbons (Fsp3) is 0.600. The maximum absolute atomic E-state index is 13.0. The summed E-state index contributed by atoms with van der Waals surface area (Å²) in [7, 11) is 0. The minimum Gasteiger partial charge on any atom is -0.314 e. The summed E-state index contributed by atoms with van der Waals surface area (Å²) in [6, 6.07) is 5.59. The molecule has 0 aliphatic heterocycles. The summed E-state index contributed by atoms with van der Waals surface area (Å²) >= 11 is 3.46. The van der Waals surface area contributed by atoms with E-state index in [0.717, 1.165) is 29.3 Å². The zero-order valence-electron chi connectivity index (χ0n) is 11.0. The van der Waals surface area contributed by atoms with E-state index in [1.54, 1.807) is 12.1 Å². The first-order valence-electron chi connectivity index (χ1n) is 6.73. The lowest BCUT2D eigenvalue weighted by molar-refractivity contribution is 0.167. The van der Waals surface area contributed by atoms with Crippen LogP contribution < -0.4 is 5.32 Å². The van der Waals surface area contributed by atoms with Crippen molar-refractivity contribution < 1.29 is 4.39 Å². The quantitative estimate of drug-likeness (QED) is 0.861. The van der Waals surface area contributed by atoms with Gasteiger partial charge in [0.25, 0.3) is 0 Å². The van der Waals surface area contributed by atoms with Gasteiger partial charge in [-0.25, -0.2) is 4.39 Å². The maximum Gasteiger partial charge on any atom is 0.124 e. The Balaban J connectivity index is 1.89. The molecule has 0 saturated heterocycles. The van der Waals surface area contributed by atoms with E-state index < -0.39 is 0 Å². The molecule has 0 aromatic heterocycles. The van der Waals surface area contributed by atoms with E-state index >= 15 is 0 Å². The molecule has 1 aliphatic rings. The van der Waals surface area contributed by atoms with Gasteiger partial charge < -0.3 is 5.32 Å². The van der Waals surface area contributed by atoms with Gasteiger partial charge in [-0.3, -0.25) is 0 Å². The lowest BCUT2D eigenvalue weighted by Crippen LogP contribution is -2.38. The Labute approximate surface area is 117 Å². The predicted octanol–water partition coefficient (Wildman–Crippen LogP) is 4.15. The second-order valence-corrected chi connectivity index (χ2v) is 6.45. The zero-order chi connectivity index (χ0) is 13.1. The molecule has 0 heterocycles. The van der Waals surface area contributed by atoms with Gasteiger partial charge in [-0.2, -0.15) is 0 Å². The molecule has 3 heteroatoms. The van der Waals surface area contributed by atoms with Crippen LogP contribution in [0.4, 0.5) is 4.39 Å². The molecule has 1 fully saturated rings. The van der Waals surface area contributed by atoms with Gasteiger partial charge in [0.2, 0.25) is 0 Å². The molecule has 1 nitrogen and oxygen atoms in total. The number of halogens is 2. The van der Waals surface area contributed by atoms with Crippen LogP contribution in [-0.2, 0) is 6.42 Å². The monoisotopic (exact) mass is 313 g/mol. The van der Waals surface area contributed by atoms with Gasteiger partial charge in [-0.1, -0.05) is 35.8 Å². The Morgan fingerprint density at radius 1 is 1.33 bits per heavy atom. The molecule has 1 N–H and O–H groups in total. The normalized spacial score (nSPS) is 23.2. The van der Waals surface area contributed by atoms with Crippen LogP contribution >= 0.6 is 15.9 Å². The van der Waals surface area contributed by atoms with E-state index in [0.29, 0.717) is 6.04 Å². The van der Waals surface area contributed by atoms with Gasteiger partial charge in [0.05, 0.1) is 0 Å². The molecule has 0 spiro atoms. The van der Waals surface area contributed by atoms with Crippen LogP contribution in [0.25, 0.3) is 0 Å². The summed E-state index contributed by atoms with van der Waals surface area (Å²) in [4.78, 5) is 0. The Kier molecular flexibility index (Phi) is 4.79. The lowest BCUT2D eigenvalue weighted by atomic mass is 9.70. The van der Waals surface area contributed by atoms with Crippen LogP contribution in [0.1, 0.15) is 32.3 Å². The first-order chi connectivity index (χ1) is 8.56. The molecule has 1 aliphatic carbocycles. The molecule has 0 amide bonds.